The number of hydrogen-bond acceptors (Lipinski definition) is 3. The van der Waals surface area contributed by atoms with Crippen molar-refractivity contribution in [3.8, 4) is 0 Å². The van der Waals surface area contributed by atoms with Gasteiger partial charge >= 0.3 is 0 Å². The molecule has 0 aliphatic carbocycles. The Kier molecular flexibility index (Phi) is 3.66. The third-order valence-corrected chi connectivity index (χ3v) is 2.93. The van der Waals surface area contributed by atoms with Crippen molar-refractivity contribution in [3.63, 3.8) is 0 Å². The summed E-state index contributed by atoms with van der Waals surface area (Å²) in [5.41, 5.74) is 6.57. The highest BCUT2D eigenvalue weighted by atomic mass is 19.1. The van der Waals surface area contributed by atoms with Crippen LogP contribution < -0.4 is 5.73 Å². The van der Waals surface area contributed by atoms with E-state index in [1.165, 1.54) is 12.1 Å². The molecular weight excluding hydrogens is 243 g/mol. The van der Waals surface area contributed by atoms with Crippen molar-refractivity contribution in [2.24, 2.45) is 5.73 Å². The minimum Gasteiger partial charge on any atom is -0.324 e. The Morgan fingerprint density at radius 2 is 1.68 bits per heavy atom. The fourth-order valence-corrected chi connectivity index (χ4v) is 2.16. The highest BCUT2D eigenvalue weighted by Gasteiger charge is 2.22. The van der Waals surface area contributed by atoms with Crippen LogP contribution in [0.4, 0.5) is 4.39 Å². The Balaban J connectivity index is 2.35. The first kappa shape index (κ1) is 13.7. The van der Waals surface area contributed by atoms with Crippen molar-refractivity contribution in [3.05, 3.63) is 47.3 Å². The van der Waals surface area contributed by atoms with Gasteiger partial charge in [-0.05, 0) is 38.5 Å². The third-order valence-electron chi connectivity index (χ3n) is 2.93. The molecule has 1 aromatic carbocycles. The molecule has 0 saturated heterocycles. The molecule has 2 N–H and O–H groups in total. The van der Waals surface area contributed by atoms with Gasteiger partial charge in [0.2, 0.25) is 0 Å². The highest BCUT2D eigenvalue weighted by Crippen LogP contribution is 2.20. The Morgan fingerprint density at radius 3 is 2.21 bits per heavy atom. The zero-order chi connectivity index (χ0) is 14.0. The molecule has 19 heavy (non-hydrogen) atoms. The van der Waals surface area contributed by atoms with Gasteiger partial charge in [-0.25, -0.2) is 4.39 Å². The maximum atomic E-state index is 12.9. The molecule has 0 atom stereocenters. The summed E-state index contributed by atoms with van der Waals surface area (Å²) in [6.45, 7) is 6.62. The van der Waals surface area contributed by atoms with Crippen molar-refractivity contribution < 1.29 is 4.39 Å². The first-order chi connectivity index (χ1) is 8.91. The average molecular weight is 262 g/mol. The SMILES string of the molecule is CC(C)(C)n1c(CN)nnc1Cc1ccc(F)cc1. The van der Waals surface area contributed by atoms with Crippen LogP contribution in [0, 0.1) is 5.82 Å². The van der Waals surface area contributed by atoms with E-state index >= 15 is 0 Å². The Labute approximate surface area is 112 Å². The molecule has 0 amide bonds. The van der Waals surface area contributed by atoms with Gasteiger partial charge in [-0.2, -0.15) is 0 Å². The maximum Gasteiger partial charge on any atom is 0.147 e. The summed E-state index contributed by atoms with van der Waals surface area (Å²) in [7, 11) is 0. The maximum absolute atomic E-state index is 12.9. The summed E-state index contributed by atoms with van der Waals surface area (Å²) in [5, 5.41) is 8.34. The van der Waals surface area contributed by atoms with Crippen LogP contribution in [0.3, 0.4) is 0 Å². The predicted octanol–water partition coefficient (Wildman–Crippen LogP) is 2.22. The van der Waals surface area contributed by atoms with E-state index in [0.717, 1.165) is 17.2 Å². The molecule has 0 fully saturated rings. The molecule has 102 valence electrons. The lowest BCUT2D eigenvalue weighted by molar-refractivity contribution is 0.371. The second-order valence-electron chi connectivity index (χ2n) is 5.55. The van der Waals surface area contributed by atoms with Crippen LogP contribution >= 0.6 is 0 Å². The monoisotopic (exact) mass is 262 g/mol. The number of rotatable bonds is 3. The van der Waals surface area contributed by atoms with E-state index in [1.54, 1.807) is 12.1 Å². The Bertz CT molecular complexity index is 552. The van der Waals surface area contributed by atoms with E-state index in [-0.39, 0.29) is 11.4 Å². The second kappa shape index (κ2) is 5.09. The quantitative estimate of drug-likeness (QED) is 0.922. The molecule has 1 aromatic heterocycles. The van der Waals surface area contributed by atoms with E-state index in [9.17, 15) is 4.39 Å². The lowest BCUT2D eigenvalue weighted by Gasteiger charge is -2.24. The van der Waals surface area contributed by atoms with E-state index in [4.69, 9.17) is 5.73 Å². The van der Waals surface area contributed by atoms with E-state index in [0.29, 0.717) is 13.0 Å². The first-order valence-electron chi connectivity index (χ1n) is 6.30. The second-order valence-corrected chi connectivity index (χ2v) is 5.55. The molecule has 4 nitrogen and oxygen atoms in total. The Hall–Kier alpha value is -1.75. The van der Waals surface area contributed by atoms with Crippen molar-refractivity contribution in [1.29, 1.82) is 0 Å². The fraction of sp³-hybridized carbons (Fsp3) is 0.429. The van der Waals surface area contributed by atoms with Crippen LogP contribution in [0.2, 0.25) is 0 Å². The smallest absolute Gasteiger partial charge is 0.147 e. The minimum atomic E-state index is -0.233. The molecule has 0 aliphatic rings. The van der Waals surface area contributed by atoms with Gasteiger partial charge in [-0.1, -0.05) is 12.1 Å². The van der Waals surface area contributed by atoms with Gasteiger partial charge in [0.05, 0.1) is 6.54 Å². The van der Waals surface area contributed by atoms with Crippen molar-refractivity contribution in [2.75, 3.05) is 0 Å². The van der Waals surface area contributed by atoms with Gasteiger partial charge in [-0.15, -0.1) is 10.2 Å². The first-order valence-corrected chi connectivity index (χ1v) is 6.30. The van der Waals surface area contributed by atoms with Crippen LogP contribution in [0.25, 0.3) is 0 Å². The number of benzene rings is 1. The van der Waals surface area contributed by atoms with Crippen LogP contribution in [0.1, 0.15) is 38.0 Å². The van der Waals surface area contributed by atoms with Gasteiger partial charge in [0, 0.05) is 12.0 Å². The topological polar surface area (TPSA) is 56.7 Å². The number of hydrogen-bond donors (Lipinski definition) is 1. The van der Waals surface area contributed by atoms with Crippen LogP contribution in [-0.2, 0) is 18.5 Å². The number of halogens is 1. The third kappa shape index (κ3) is 2.98. The van der Waals surface area contributed by atoms with Gasteiger partial charge in [0.25, 0.3) is 0 Å². The molecular formula is C14H19FN4. The summed E-state index contributed by atoms with van der Waals surface area (Å²) in [6, 6.07) is 6.44. The molecule has 0 aliphatic heterocycles. The Morgan fingerprint density at radius 1 is 1.11 bits per heavy atom. The molecule has 2 aromatic rings. The molecule has 0 unspecified atom stereocenters. The molecule has 0 saturated carbocycles. The van der Waals surface area contributed by atoms with E-state index in [1.807, 2.05) is 0 Å². The molecule has 1 heterocycles. The zero-order valence-electron chi connectivity index (χ0n) is 11.5. The van der Waals surface area contributed by atoms with Crippen LogP contribution in [-0.4, -0.2) is 14.8 Å². The van der Waals surface area contributed by atoms with Crippen molar-refractivity contribution in [1.82, 2.24) is 14.8 Å². The fourth-order valence-electron chi connectivity index (χ4n) is 2.16. The summed E-state index contributed by atoms with van der Waals surface area (Å²) in [6.07, 6.45) is 0.616. The standard InChI is InChI=1S/C14H19FN4/c1-14(2,3)19-12(17-18-13(19)9-16)8-10-4-6-11(15)7-5-10/h4-7H,8-9,16H2,1-3H3. The average Bonchev–Trinajstić information content (AvgIpc) is 2.75. The van der Waals surface area contributed by atoms with Gasteiger partial charge in [0.15, 0.2) is 0 Å². The van der Waals surface area contributed by atoms with Crippen molar-refractivity contribution in [2.45, 2.75) is 39.3 Å². The predicted molar refractivity (Wildman–Crippen MR) is 72.1 cm³/mol. The van der Waals surface area contributed by atoms with Gasteiger partial charge < -0.3 is 10.3 Å². The van der Waals surface area contributed by atoms with Crippen LogP contribution in [0.5, 0.6) is 0 Å². The van der Waals surface area contributed by atoms with Crippen molar-refractivity contribution >= 4 is 0 Å². The highest BCUT2D eigenvalue weighted by molar-refractivity contribution is 5.20. The van der Waals surface area contributed by atoms with Gasteiger partial charge in [-0.3, -0.25) is 0 Å². The van der Waals surface area contributed by atoms with E-state index in [2.05, 4.69) is 35.5 Å². The minimum absolute atomic E-state index is 0.131. The lowest BCUT2D eigenvalue weighted by atomic mass is 10.1. The van der Waals surface area contributed by atoms with E-state index < -0.39 is 0 Å². The molecule has 0 spiro atoms. The molecule has 0 radical (unpaired) electrons. The summed E-state index contributed by atoms with van der Waals surface area (Å²) >= 11 is 0. The summed E-state index contributed by atoms with van der Waals surface area (Å²) < 4.78 is 15.0. The normalized spacial score (nSPS) is 11.8. The summed E-state index contributed by atoms with van der Waals surface area (Å²) in [5.74, 6) is 1.38. The van der Waals surface area contributed by atoms with Gasteiger partial charge in [0.1, 0.15) is 17.5 Å². The lowest BCUT2D eigenvalue weighted by Crippen LogP contribution is -2.27. The number of aromatic nitrogens is 3. The molecule has 0 bridgehead atoms. The number of nitrogens with zero attached hydrogens (tertiary/aromatic N) is 3. The largest absolute Gasteiger partial charge is 0.324 e. The zero-order valence-corrected chi connectivity index (χ0v) is 11.5. The molecule has 2 rings (SSSR count). The molecule has 5 heteroatoms. The number of nitrogens with two attached hydrogens (primary N) is 1. The summed E-state index contributed by atoms with van der Waals surface area (Å²) in [4.78, 5) is 0. The van der Waals surface area contributed by atoms with Crippen LogP contribution in [0.15, 0.2) is 24.3 Å².